The summed E-state index contributed by atoms with van der Waals surface area (Å²) in [6.07, 6.45) is 10.1. The Hall–Kier alpha value is -1.69. The van der Waals surface area contributed by atoms with Crippen LogP contribution in [0.15, 0.2) is 12.4 Å². The van der Waals surface area contributed by atoms with Crippen LogP contribution in [0.25, 0.3) is 0 Å². The van der Waals surface area contributed by atoms with Crippen LogP contribution in [0.2, 0.25) is 0 Å². The van der Waals surface area contributed by atoms with Crippen molar-refractivity contribution in [1.29, 1.82) is 0 Å². The van der Waals surface area contributed by atoms with Crippen LogP contribution in [-0.2, 0) is 16.0 Å². The van der Waals surface area contributed by atoms with Gasteiger partial charge in [0.1, 0.15) is 5.82 Å². The number of carbonyl (C=O) groups excluding carboxylic acids is 1. The number of ether oxygens (including phenoxy) is 1. The van der Waals surface area contributed by atoms with Gasteiger partial charge < -0.3 is 15.0 Å². The monoisotopic (exact) mass is 332 g/mol. The minimum absolute atomic E-state index is 0.227. The quantitative estimate of drug-likeness (QED) is 0.915. The second-order valence-electron chi connectivity index (χ2n) is 6.91. The highest BCUT2D eigenvalue weighted by Crippen LogP contribution is 2.26. The molecule has 24 heavy (non-hydrogen) atoms. The van der Waals surface area contributed by atoms with Crippen LogP contribution >= 0.6 is 0 Å². The molecule has 1 saturated carbocycles. The van der Waals surface area contributed by atoms with Crippen LogP contribution in [0.3, 0.4) is 0 Å². The topological polar surface area (TPSA) is 67.4 Å². The van der Waals surface area contributed by atoms with E-state index < -0.39 is 0 Å². The van der Waals surface area contributed by atoms with E-state index in [-0.39, 0.29) is 11.8 Å². The molecule has 0 aromatic carbocycles. The highest BCUT2D eigenvalue weighted by Gasteiger charge is 2.29. The molecule has 132 valence electrons. The van der Waals surface area contributed by atoms with Crippen LogP contribution in [0.4, 0.5) is 5.82 Å². The zero-order chi connectivity index (χ0) is 16.8. The Balaban J connectivity index is 1.62. The van der Waals surface area contributed by atoms with Crippen molar-refractivity contribution in [3.63, 3.8) is 0 Å². The van der Waals surface area contributed by atoms with Crippen molar-refractivity contribution in [3.8, 4) is 0 Å². The third-order valence-electron chi connectivity index (χ3n) is 5.04. The summed E-state index contributed by atoms with van der Waals surface area (Å²) in [7, 11) is 1.84. The summed E-state index contributed by atoms with van der Waals surface area (Å²) in [4.78, 5) is 23.6. The molecule has 1 atom stereocenters. The molecule has 6 nitrogen and oxygen atoms in total. The van der Waals surface area contributed by atoms with Gasteiger partial charge in [0.2, 0.25) is 5.91 Å². The maximum atomic E-state index is 12.8. The summed E-state index contributed by atoms with van der Waals surface area (Å²) in [5.41, 5.74) is 0.947. The number of hydrogen-bond acceptors (Lipinski definition) is 5. The summed E-state index contributed by atoms with van der Waals surface area (Å²) in [6.45, 7) is 2.80. The lowest BCUT2D eigenvalue weighted by Crippen LogP contribution is -2.40. The number of rotatable bonds is 4. The third kappa shape index (κ3) is 4.44. The first-order valence-electron chi connectivity index (χ1n) is 9.11. The number of hydrogen-bond donors (Lipinski definition) is 1. The van der Waals surface area contributed by atoms with E-state index in [2.05, 4.69) is 15.3 Å². The molecule has 2 aliphatic rings. The molecular weight excluding hydrogens is 304 g/mol. The number of amides is 1. The van der Waals surface area contributed by atoms with Gasteiger partial charge in [-0.25, -0.2) is 4.98 Å². The van der Waals surface area contributed by atoms with E-state index in [1.807, 2.05) is 11.9 Å². The van der Waals surface area contributed by atoms with Gasteiger partial charge in [0.15, 0.2) is 0 Å². The molecule has 1 N–H and O–H groups in total. The van der Waals surface area contributed by atoms with E-state index in [4.69, 9.17) is 4.74 Å². The van der Waals surface area contributed by atoms with Gasteiger partial charge in [-0.1, -0.05) is 19.3 Å². The predicted molar refractivity (Wildman–Crippen MR) is 92.7 cm³/mol. The zero-order valence-corrected chi connectivity index (χ0v) is 14.5. The first-order chi connectivity index (χ1) is 11.8. The molecule has 1 aliphatic heterocycles. The largest absolute Gasteiger partial charge is 0.379 e. The molecular formula is C18H28N4O2. The number of carbonyl (C=O) groups is 1. The lowest BCUT2D eigenvalue weighted by Gasteiger charge is -2.29. The van der Waals surface area contributed by atoms with E-state index in [9.17, 15) is 4.79 Å². The lowest BCUT2D eigenvalue weighted by atomic mass is 9.88. The summed E-state index contributed by atoms with van der Waals surface area (Å²) in [5, 5.41) is 3.02. The standard InChI is InChI=1S/C18H28N4O2/c1-19-17-11-20-10-16(21-17)9-14-12-22(7-8-24-13-14)18(23)15-5-3-2-4-6-15/h10-11,14-15H,2-9,12-13H2,1H3,(H,19,21). The molecule has 0 radical (unpaired) electrons. The second-order valence-corrected chi connectivity index (χ2v) is 6.91. The Morgan fingerprint density at radius 1 is 1.33 bits per heavy atom. The lowest BCUT2D eigenvalue weighted by molar-refractivity contribution is -0.137. The molecule has 3 rings (SSSR count). The minimum atomic E-state index is 0.227. The minimum Gasteiger partial charge on any atom is -0.379 e. The Kier molecular flexibility index (Phi) is 6.01. The van der Waals surface area contributed by atoms with Gasteiger partial charge in [0.25, 0.3) is 0 Å². The summed E-state index contributed by atoms with van der Waals surface area (Å²) < 4.78 is 5.75. The molecule has 6 heteroatoms. The molecule has 1 amide bonds. The highest BCUT2D eigenvalue weighted by atomic mass is 16.5. The average molecular weight is 332 g/mol. The number of anilines is 1. The Morgan fingerprint density at radius 2 is 2.17 bits per heavy atom. The first-order valence-corrected chi connectivity index (χ1v) is 9.11. The van der Waals surface area contributed by atoms with Crippen molar-refractivity contribution in [2.24, 2.45) is 11.8 Å². The Bertz CT molecular complexity index is 546. The van der Waals surface area contributed by atoms with Crippen molar-refractivity contribution in [2.45, 2.75) is 38.5 Å². The Labute approximate surface area is 144 Å². The SMILES string of the molecule is CNc1cncc(CC2COCCN(C(=O)C3CCCCC3)C2)n1. The third-order valence-corrected chi connectivity index (χ3v) is 5.04. The van der Waals surface area contributed by atoms with E-state index in [1.54, 1.807) is 12.4 Å². The van der Waals surface area contributed by atoms with E-state index >= 15 is 0 Å². The maximum Gasteiger partial charge on any atom is 0.225 e. The van der Waals surface area contributed by atoms with E-state index in [0.717, 1.165) is 37.3 Å². The van der Waals surface area contributed by atoms with Crippen LogP contribution in [0, 0.1) is 11.8 Å². The van der Waals surface area contributed by atoms with Gasteiger partial charge in [-0.3, -0.25) is 9.78 Å². The number of aromatic nitrogens is 2. The highest BCUT2D eigenvalue weighted by molar-refractivity contribution is 5.79. The maximum absolute atomic E-state index is 12.8. The molecule has 1 unspecified atom stereocenters. The summed E-state index contributed by atoms with van der Waals surface area (Å²) >= 11 is 0. The molecule has 0 spiro atoms. The van der Waals surface area contributed by atoms with Crippen LogP contribution in [-0.4, -0.2) is 54.1 Å². The van der Waals surface area contributed by atoms with Gasteiger partial charge in [0, 0.05) is 38.2 Å². The smallest absolute Gasteiger partial charge is 0.225 e. The van der Waals surface area contributed by atoms with E-state index in [0.29, 0.717) is 25.7 Å². The molecule has 1 saturated heterocycles. The fourth-order valence-corrected chi connectivity index (χ4v) is 3.73. The van der Waals surface area contributed by atoms with E-state index in [1.165, 1.54) is 19.3 Å². The van der Waals surface area contributed by atoms with Gasteiger partial charge >= 0.3 is 0 Å². The predicted octanol–water partition coefficient (Wildman–Crippen LogP) is 2.12. The molecule has 1 aromatic rings. The average Bonchev–Trinajstić information content (AvgIpc) is 2.87. The summed E-state index contributed by atoms with van der Waals surface area (Å²) in [6, 6.07) is 0. The van der Waals surface area contributed by atoms with Crippen LogP contribution in [0.5, 0.6) is 0 Å². The van der Waals surface area contributed by atoms with Crippen LogP contribution in [0.1, 0.15) is 37.8 Å². The van der Waals surface area contributed by atoms with Gasteiger partial charge in [-0.2, -0.15) is 0 Å². The van der Waals surface area contributed by atoms with Crippen molar-refractivity contribution in [2.75, 3.05) is 38.7 Å². The van der Waals surface area contributed by atoms with Gasteiger partial charge in [-0.05, 0) is 19.3 Å². The fourth-order valence-electron chi connectivity index (χ4n) is 3.73. The first kappa shape index (κ1) is 17.1. The fraction of sp³-hybridized carbons (Fsp3) is 0.722. The summed E-state index contributed by atoms with van der Waals surface area (Å²) in [5.74, 6) is 1.61. The molecule has 0 bridgehead atoms. The zero-order valence-electron chi connectivity index (χ0n) is 14.5. The number of nitrogens with zero attached hydrogens (tertiary/aromatic N) is 3. The van der Waals surface area contributed by atoms with Crippen molar-refractivity contribution in [1.82, 2.24) is 14.9 Å². The van der Waals surface area contributed by atoms with Crippen molar-refractivity contribution < 1.29 is 9.53 Å². The molecule has 1 aromatic heterocycles. The molecule has 2 fully saturated rings. The normalized spacial score (nSPS) is 22.9. The van der Waals surface area contributed by atoms with Crippen LogP contribution < -0.4 is 5.32 Å². The van der Waals surface area contributed by atoms with Gasteiger partial charge in [-0.15, -0.1) is 0 Å². The van der Waals surface area contributed by atoms with Gasteiger partial charge in [0.05, 0.1) is 25.1 Å². The number of nitrogens with one attached hydrogen (secondary N) is 1. The van der Waals surface area contributed by atoms with Crippen molar-refractivity contribution >= 4 is 11.7 Å². The second kappa shape index (κ2) is 8.42. The van der Waals surface area contributed by atoms with Crippen molar-refractivity contribution in [3.05, 3.63) is 18.1 Å². The molecule has 2 heterocycles. The Morgan fingerprint density at radius 3 is 2.96 bits per heavy atom. The molecule has 1 aliphatic carbocycles.